The Kier molecular flexibility index (Phi) is 9.69. The number of unbranched alkanes of at least 4 members (excludes halogenated alkanes) is 2. The second-order valence-corrected chi connectivity index (χ2v) is 11.5. The fraction of sp³-hybridized carbons (Fsp3) is 0.481. The molecule has 0 heterocycles. The Morgan fingerprint density at radius 2 is 1.76 bits per heavy atom. The number of carbonyl (C=O) groups excluding carboxylic acids is 2. The molecule has 1 fully saturated rings. The van der Waals surface area contributed by atoms with Crippen LogP contribution in [0, 0.1) is 5.41 Å². The predicted molar refractivity (Wildman–Crippen MR) is 140 cm³/mol. The molecule has 9 nitrogen and oxygen atoms in total. The average Bonchev–Trinajstić information content (AvgIpc) is 3.71. The number of sulfonamides is 1. The van der Waals surface area contributed by atoms with Gasteiger partial charge in [-0.05, 0) is 55.5 Å². The summed E-state index contributed by atoms with van der Waals surface area (Å²) in [6.45, 7) is 2.02. The minimum atomic E-state index is -3.93. The molecule has 202 valence electrons. The van der Waals surface area contributed by atoms with E-state index >= 15 is 0 Å². The number of ether oxygens (including phenoxy) is 1. The van der Waals surface area contributed by atoms with Crippen molar-refractivity contribution in [3.63, 3.8) is 0 Å². The molecule has 0 spiro atoms. The van der Waals surface area contributed by atoms with E-state index in [0.29, 0.717) is 25.0 Å². The Labute approximate surface area is 219 Å². The van der Waals surface area contributed by atoms with Crippen molar-refractivity contribution in [2.45, 2.75) is 62.5 Å². The van der Waals surface area contributed by atoms with Crippen molar-refractivity contribution in [2.24, 2.45) is 11.1 Å². The summed E-state index contributed by atoms with van der Waals surface area (Å²) < 4.78 is 33.5. The van der Waals surface area contributed by atoms with Crippen LogP contribution in [0.3, 0.4) is 0 Å². The molecule has 0 bridgehead atoms. The predicted octanol–water partition coefficient (Wildman–Crippen LogP) is 2.23. The molecule has 0 aromatic heterocycles. The number of aliphatic hydroxyl groups excluding tert-OH is 1. The molecule has 3 rings (SSSR count). The van der Waals surface area contributed by atoms with Crippen LogP contribution >= 0.6 is 0 Å². The quantitative estimate of drug-likeness (QED) is 0.238. The number of nitrogens with one attached hydrogen (secondary N) is 1. The van der Waals surface area contributed by atoms with Gasteiger partial charge >= 0.3 is 0 Å². The van der Waals surface area contributed by atoms with E-state index in [-0.39, 0.29) is 24.4 Å². The minimum absolute atomic E-state index is 0.0892. The summed E-state index contributed by atoms with van der Waals surface area (Å²) in [4.78, 5) is 25.0. The maximum Gasteiger partial charge on any atom is 0.243 e. The third kappa shape index (κ3) is 7.09. The van der Waals surface area contributed by atoms with Gasteiger partial charge in [0.1, 0.15) is 11.2 Å². The second kappa shape index (κ2) is 12.5. The third-order valence-corrected chi connectivity index (χ3v) is 8.71. The number of aliphatic hydroxyl groups is 1. The van der Waals surface area contributed by atoms with Gasteiger partial charge in [-0.1, -0.05) is 50.1 Å². The molecule has 1 aliphatic carbocycles. The first-order chi connectivity index (χ1) is 17.6. The number of carbonyl (C=O) groups is 2. The van der Waals surface area contributed by atoms with Gasteiger partial charge in [-0.3, -0.25) is 9.59 Å². The molecule has 0 radical (unpaired) electrons. The summed E-state index contributed by atoms with van der Waals surface area (Å²) in [7, 11) is -2.43. The first kappa shape index (κ1) is 28.6. The summed E-state index contributed by atoms with van der Waals surface area (Å²) in [5, 5.41) is 14.1. The van der Waals surface area contributed by atoms with Gasteiger partial charge in [0.25, 0.3) is 0 Å². The highest BCUT2D eigenvalue weighted by Crippen LogP contribution is 2.45. The lowest BCUT2D eigenvalue weighted by Gasteiger charge is -2.30. The van der Waals surface area contributed by atoms with Crippen LogP contribution < -0.4 is 15.8 Å². The summed E-state index contributed by atoms with van der Waals surface area (Å²) >= 11 is 0. The number of benzene rings is 2. The van der Waals surface area contributed by atoms with E-state index < -0.39 is 39.4 Å². The Morgan fingerprint density at radius 3 is 2.30 bits per heavy atom. The first-order valence-electron chi connectivity index (χ1n) is 12.6. The maximum absolute atomic E-state index is 13.5. The number of hydrogen-bond donors (Lipinski definition) is 3. The summed E-state index contributed by atoms with van der Waals surface area (Å²) in [6.07, 6.45) is 2.10. The van der Waals surface area contributed by atoms with E-state index in [1.165, 1.54) is 23.5 Å². The molecule has 2 aromatic rings. The molecule has 2 amide bonds. The van der Waals surface area contributed by atoms with E-state index in [9.17, 15) is 23.1 Å². The topological polar surface area (TPSA) is 139 Å². The van der Waals surface area contributed by atoms with E-state index in [0.717, 1.165) is 18.4 Å². The van der Waals surface area contributed by atoms with Crippen molar-refractivity contribution in [3.05, 3.63) is 60.2 Å². The Bertz CT molecular complexity index is 1150. The monoisotopic (exact) mass is 531 g/mol. The Hall–Kier alpha value is -2.95. The van der Waals surface area contributed by atoms with Gasteiger partial charge in [-0.25, -0.2) is 8.42 Å². The van der Waals surface area contributed by atoms with Gasteiger partial charge in [0.2, 0.25) is 21.8 Å². The number of nitrogens with two attached hydrogens (primary N) is 1. The van der Waals surface area contributed by atoms with Crippen LogP contribution in [0.5, 0.6) is 5.75 Å². The zero-order valence-electron chi connectivity index (χ0n) is 21.4. The van der Waals surface area contributed by atoms with E-state index in [2.05, 4.69) is 5.32 Å². The molecule has 2 aromatic carbocycles. The summed E-state index contributed by atoms with van der Waals surface area (Å²) in [5.41, 5.74) is 5.06. The number of primary amides is 1. The molecule has 0 saturated heterocycles. The summed E-state index contributed by atoms with van der Waals surface area (Å²) in [6, 6.07) is 14.5. The lowest BCUT2D eigenvalue weighted by molar-refractivity contribution is -0.136. The van der Waals surface area contributed by atoms with Crippen LogP contribution in [0.15, 0.2) is 59.5 Å². The smallest absolute Gasteiger partial charge is 0.243 e. The molecular formula is C27H37N3O6S. The second-order valence-electron chi connectivity index (χ2n) is 9.53. The average molecular weight is 532 g/mol. The van der Waals surface area contributed by atoms with Crippen LogP contribution in [-0.4, -0.2) is 62.0 Å². The van der Waals surface area contributed by atoms with Crippen molar-refractivity contribution in [2.75, 3.05) is 20.2 Å². The van der Waals surface area contributed by atoms with E-state index in [1.54, 1.807) is 12.1 Å². The Morgan fingerprint density at radius 1 is 1.11 bits per heavy atom. The fourth-order valence-electron chi connectivity index (χ4n) is 4.25. The maximum atomic E-state index is 13.5. The molecule has 0 aliphatic heterocycles. The Balaban J connectivity index is 1.85. The van der Waals surface area contributed by atoms with Gasteiger partial charge in [-0.15, -0.1) is 0 Å². The van der Waals surface area contributed by atoms with Crippen LogP contribution in [-0.2, 0) is 26.0 Å². The molecule has 2 atom stereocenters. The zero-order valence-corrected chi connectivity index (χ0v) is 22.2. The highest BCUT2D eigenvalue weighted by Gasteiger charge is 2.56. The number of methoxy groups -OCH3 is 1. The molecule has 2 unspecified atom stereocenters. The van der Waals surface area contributed by atoms with E-state index in [4.69, 9.17) is 10.5 Å². The fourth-order valence-corrected chi connectivity index (χ4v) is 5.75. The number of rotatable bonds is 15. The molecular weight excluding hydrogens is 494 g/mol. The highest BCUT2D eigenvalue weighted by molar-refractivity contribution is 7.89. The van der Waals surface area contributed by atoms with Gasteiger partial charge in [-0.2, -0.15) is 4.31 Å². The normalized spacial score (nSPS) is 16.1. The largest absolute Gasteiger partial charge is 0.497 e. The molecule has 37 heavy (non-hydrogen) atoms. The van der Waals surface area contributed by atoms with Crippen LogP contribution in [0.4, 0.5) is 0 Å². The van der Waals surface area contributed by atoms with Crippen molar-refractivity contribution >= 4 is 21.8 Å². The summed E-state index contributed by atoms with van der Waals surface area (Å²) in [5.74, 6) is -0.692. The first-order valence-corrected chi connectivity index (χ1v) is 14.0. The van der Waals surface area contributed by atoms with Crippen LogP contribution in [0.25, 0.3) is 0 Å². The lowest BCUT2D eigenvalue weighted by atomic mass is 9.98. The minimum Gasteiger partial charge on any atom is -0.497 e. The van der Waals surface area contributed by atoms with Crippen molar-refractivity contribution in [3.8, 4) is 5.75 Å². The lowest BCUT2D eigenvalue weighted by Crippen LogP contribution is -2.53. The molecule has 4 N–H and O–H groups in total. The van der Waals surface area contributed by atoms with Crippen molar-refractivity contribution in [1.82, 2.24) is 9.62 Å². The van der Waals surface area contributed by atoms with Crippen LogP contribution in [0.2, 0.25) is 0 Å². The van der Waals surface area contributed by atoms with Crippen molar-refractivity contribution in [1.29, 1.82) is 0 Å². The SMILES string of the molecule is CCCCCN(CC(O)C(Cc1ccccc1)NC(=O)C1(C(N)=O)CC1)S(=O)(=O)c1ccc(OC)cc1. The standard InChI is InChI=1S/C27H37N3O6S/c1-3-4-8-17-30(37(34,35)22-13-11-21(36-2)12-14-22)19-24(31)23(18-20-9-6-5-7-10-20)29-26(33)27(15-16-27)25(28)32/h5-7,9-14,23-24,31H,3-4,8,15-19H2,1-2H3,(H2,28,32)(H,29,33). The van der Waals surface area contributed by atoms with Crippen LogP contribution in [0.1, 0.15) is 44.6 Å². The van der Waals surface area contributed by atoms with Gasteiger partial charge in [0.05, 0.1) is 24.2 Å². The number of hydrogen-bond acceptors (Lipinski definition) is 6. The zero-order chi connectivity index (χ0) is 27.1. The molecule has 10 heteroatoms. The highest BCUT2D eigenvalue weighted by atomic mass is 32.2. The van der Waals surface area contributed by atoms with E-state index in [1.807, 2.05) is 37.3 Å². The molecule has 1 saturated carbocycles. The number of amides is 2. The van der Waals surface area contributed by atoms with Gasteiger partial charge in [0.15, 0.2) is 0 Å². The number of nitrogens with zero attached hydrogens (tertiary/aromatic N) is 1. The van der Waals surface area contributed by atoms with Gasteiger partial charge < -0.3 is 20.9 Å². The van der Waals surface area contributed by atoms with Gasteiger partial charge in [0, 0.05) is 13.1 Å². The molecule has 1 aliphatic rings. The van der Waals surface area contributed by atoms with Crippen molar-refractivity contribution < 1.29 is 27.9 Å². The third-order valence-electron chi connectivity index (χ3n) is 6.83.